The van der Waals surface area contributed by atoms with Gasteiger partial charge in [0.2, 0.25) is 0 Å². The van der Waals surface area contributed by atoms with Crippen LogP contribution in [0.3, 0.4) is 0 Å². The molecule has 1 aromatic carbocycles. The van der Waals surface area contributed by atoms with Crippen molar-refractivity contribution in [2.75, 3.05) is 6.61 Å². The van der Waals surface area contributed by atoms with Crippen molar-refractivity contribution in [2.24, 2.45) is 5.73 Å². The molecule has 3 N–H and O–H groups in total. The van der Waals surface area contributed by atoms with Crippen molar-refractivity contribution in [1.82, 2.24) is 24.3 Å². The predicted molar refractivity (Wildman–Crippen MR) is 86.5 cm³/mol. The Balaban J connectivity index is 1.83. The summed E-state index contributed by atoms with van der Waals surface area (Å²) in [6.45, 7) is 0.564. The molecule has 0 aliphatic rings. The molecule has 120 valence electrons. The van der Waals surface area contributed by atoms with E-state index in [2.05, 4.69) is 15.1 Å². The van der Waals surface area contributed by atoms with Gasteiger partial charge in [0.15, 0.2) is 0 Å². The molecule has 0 saturated carbocycles. The molecule has 0 unspecified atom stereocenters. The average molecular weight is 333 g/mol. The van der Waals surface area contributed by atoms with E-state index < -0.39 is 0 Å². The minimum absolute atomic E-state index is 0.0551. The third kappa shape index (κ3) is 3.76. The van der Waals surface area contributed by atoms with Crippen LogP contribution < -0.4 is 5.73 Å². The molecular weight excluding hydrogens is 316 g/mol. The lowest BCUT2D eigenvalue weighted by atomic mass is 10.1. The van der Waals surface area contributed by atoms with Crippen molar-refractivity contribution in [3.8, 4) is 5.69 Å². The summed E-state index contributed by atoms with van der Waals surface area (Å²) in [4.78, 5) is 8.30. The minimum atomic E-state index is -0.292. The van der Waals surface area contributed by atoms with E-state index in [1.807, 2.05) is 29.0 Å². The van der Waals surface area contributed by atoms with Gasteiger partial charge in [0, 0.05) is 23.7 Å². The molecule has 8 heteroatoms. The van der Waals surface area contributed by atoms with Crippen LogP contribution in [0, 0.1) is 0 Å². The molecule has 2 heterocycles. The smallest absolute Gasteiger partial charge is 0.138 e. The van der Waals surface area contributed by atoms with E-state index in [1.165, 1.54) is 6.33 Å². The van der Waals surface area contributed by atoms with Crippen LogP contribution in [0.15, 0.2) is 43.4 Å². The normalized spacial score (nSPS) is 12.5. The summed E-state index contributed by atoms with van der Waals surface area (Å²) in [7, 11) is 0. The van der Waals surface area contributed by atoms with Gasteiger partial charge in [-0.3, -0.25) is 0 Å². The van der Waals surface area contributed by atoms with Crippen LogP contribution in [-0.4, -0.2) is 42.1 Å². The molecule has 0 aliphatic carbocycles. The zero-order valence-electron chi connectivity index (χ0n) is 12.4. The molecule has 0 aliphatic heterocycles. The third-order valence-electron chi connectivity index (χ3n) is 3.46. The first-order chi connectivity index (χ1) is 11.2. The molecule has 0 bridgehead atoms. The fourth-order valence-electron chi connectivity index (χ4n) is 2.34. The van der Waals surface area contributed by atoms with Gasteiger partial charge in [-0.15, -0.1) is 0 Å². The van der Waals surface area contributed by atoms with Gasteiger partial charge in [0.25, 0.3) is 0 Å². The van der Waals surface area contributed by atoms with Gasteiger partial charge in [-0.25, -0.2) is 14.6 Å². The number of nitrogens with zero attached hydrogens (tertiary/aromatic N) is 5. The Kier molecular flexibility index (Phi) is 4.71. The lowest BCUT2D eigenvalue weighted by molar-refractivity contribution is 0.264. The molecule has 7 nitrogen and oxygen atoms in total. The van der Waals surface area contributed by atoms with Crippen LogP contribution in [0.4, 0.5) is 0 Å². The number of benzene rings is 1. The number of aromatic nitrogens is 5. The van der Waals surface area contributed by atoms with Crippen LogP contribution in [0.1, 0.15) is 11.3 Å². The highest BCUT2D eigenvalue weighted by Crippen LogP contribution is 2.20. The average Bonchev–Trinajstić information content (AvgIpc) is 3.21. The standard InChI is InChI=1S/C15H17ClN6O/c16-12-2-1-11(15(3-12)22-9-18-8-20-22)5-21-6-14(19-10-21)4-13(17)7-23/h1-3,6,8-10,13,23H,4-5,7,17H2/t13-/m0/s1. The van der Waals surface area contributed by atoms with E-state index in [1.54, 1.807) is 17.3 Å². The molecule has 2 aromatic heterocycles. The molecule has 0 saturated heterocycles. The Morgan fingerprint density at radius 3 is 2.91 bits per heavy atom. The second kappa shape index (κ2) is 6.91. The molecule has 0 radical (unpaired) electrons. The zero-order valence-corrected chi connectivity index (χ0v) is 13.1. The summed E-state index contributed by atoms with van der Waals surface area (Å²) in [5, 5.41) is 13.8. The molecule has 1 atom stereocenters. The highest BCUT2D eigenvalue weighted by Gasteiger charge is 2.09. The van der Waals surface area contributed by atoms with Crippen molar-refractivity contribution in [3.05, 3.63) is 59.7 Å². The molecule has 0 spiro atoms. The Morgan fingerprint density at radius 1 is 1.30 bits per heavy atom. The van der Waals surface area contributed by atoms with E-state index in [0.717, 1.165) is 16.9 Å². The van der Waals surface area contributed by atoms with Crippen molar-refractivity contribution in [3.63, 3.8) is 0 Å². The number of hydrogen-bond donors (Lipinski definition) is 2. The van der Waals surface area contributed by atoms with E-state index in [4.69, 9.17) is 22.4 Å². The first kappa shape index (κ1) is 15.7. The van der Waals surface area contributed by atoms with Gasteiger partial charge in [0.05, 0.1) is 30.9 Å². The fourth-order valence-corrected chi connectivity index (χ4v) is 2.51. The number of aliphatic hydroxyl groups excluding tert-OH is 1. The summed E-state index contributed by atoms with van der Waals surface area (Å²) in [6.07, 6.45) is 7.33. The monoisotopic (exact) mass is 332 g/mol. The topological polar surface area (TPSA) is 94.8 Å². The van der Waals surface area contributed by atoms with Gasteiger partial charge in [-0.1, -0.05) is 17.7 Å². The second-order valence-electron chi connectivity index (χ2n) is 5.30. The summed E-state index contributed by atoms with van der Waals surface area (Å²) in [5.41, 5.74) is 8.50. The maximum absolute atomic E-state index is 9.02. The number of halogens is 1. The second-order valence-corrected chi connectivity index (χ2v) is 5.73. The summed E-state index contributed by atoms with van der Waals surface area (Å²) < 4.78 is 3.64. The van der Waals surface area contributed by atoms with Gasteiger partial charge < -0.3 is 15.4 Å². The number of hydrogen-bond acceptors (Lipinski definition) is 5. The lowest BCUT2D eigenvalue weighted by Crippen LogP contribution is -2.26. The van der Waals surface area contributed by atoms with Crippen LogP contribution in [0.25, 0.3) is 5.69 Å². The first-order valence-corrected chi connectivity index (χ1v) is 7.54. The van der Waals surface area contributed by atoms with E-state index in [9.17, 15) is 0 Å². The van der Waals surface area contributed by atoms with E-state index in [0.29, 0.717) is 18.0 Å². The Labute approximate surface area is 138 Å². The molecule has 3 rings (SSSR count). The van der Waals surface area contributed by atoms with Crippen LogP contribution in [0.2, 0.25) is 5.02 Å². The van der Waals surface area contributed by atoms with Gasteiger partial charge in [0.1, 0.15) is 12.7 Å². The van der Waals surface area contributed by atoms with Crippen LogP contribution in [-0.2, 0) is 13.0 Å². The number of aliphatic hydroxyl groups is 1. The van der Waals surface area contributed by atoms with Crippen molar-refractivity contribution in [2.45, 2.75) is 19.0 Å². The van der Waals surface area contributed by atoms with Crippen molar-refractivity contribution in [1.29, 1.82) is 0 Å². The predicted octanol–water partition coefficient (Wildman–Crippen LogP) is 1.03. The van der Waals surface area contributed by atoms with Crippen molar-refractivity contribution >= 4 is 11.6 Å². The maximum Gasteiger partial charge on any atom is 0.138 e. The summed E-state index contributed by atoms with van der Waals surface area (Å²) in [6, 6.07) is 5.36. The highest BCUT2D eigenvalue weighted by molar-refractivity contribution is 6.30. The van der Waals surface area contributed by atoms with E-state index >= 15 is 0 Å². The Morgan fingerprint density at radius 2 is 2.17 bits per heavy atom. The SMILES string of the molecule is N[C@H](CO)Cc1cn(Cc2ccc(Cl)cc2-n2cncn2)cn1. The number of imidazole rings is 1. The largest absolute Gasteiger partial charge is 0.395 e. The van der Waals surface area contributed by atoms with Crippen LogP contribution >= 0.6 is 11.6 Å². The molecule has 3 aromatic rings. The molecular formula is C15H17ClN6O. The lowest BCUT2D eigenvalue weighted by Gasteiger charge is -2.10. The third-order valence-corrected chi connectivity index (χ3v) is 3.69. The zero-order chi connectivity index (χ0) is 16.2. The maximum atomic E-state index is 9.02. The van der Waals surface area contributed by atoms with Gasteiger partial charge >= 0.3 is 0 Å². The van der Waals surface area contributed by atoms with Gasteiger partial charge in [-0.05, 0) is 17.7 Å². The van der Waals surface area contributed by atoms with Crippen LogP contribution in [0.5, 0.6) is 0 Å². The number of rotatable bonds is 6. The highest BCUT2D eigenvalue weighted by atomic mass is 35.5. The van der Waals surface area contributed by atoms with E-state index in [-0.39, 0.29) is 12.6 Å². The van der Waals surface area contributed by atoms with Crippen molar-refractivity contribution < 1.29 is 5.11 Å². The Hall–Kier alpha value is -2.22. The summed E-state index contributed by atoms with van der Waals surface area (Å²) >= 11 is 6.10. The molecule has 0 fully saturated rings. The number of nitrogens with two attached hydrogens (primary N) is 1. The summed E-state index contributed by atoms with van der Waals surface area (Å²) in [5.74, 6) is 0. The fraction of sp³-hybridized carbons (Fsp3) is 0.267. The first-order valence-electron chi connectivity index (χ1n) is 7.16. The minimum Gasteiger partial charge on any atom is -0.395 e. The molecule has 23 heavy (non-hydrogen) atoms. The molecule has 0 amide bonds. The van der Waals surface area contributed by atoms with Gasteiger partial charge in [-0.2, -0.15) is 5.10 Å². The Bertz CT molecular complexity index is 770. The quantitative estimate of drug-likeness (QED) is 0.703.